The van der Waals surface area contributed by atoms with E-state index in [0.29, 0.717) is 0 Å². The van der Waals surface area contributed by atoms with Crippen LogP contribution in [-0.2, 0) is 0 Å². The normalized spacial score (nSPS) is 24.2. The maximum absolute atomic E-state index is 3.66. The van der Waals surface area contributed by atoms with Crippen LogP contribution in [0.15, 0.2) is 0 Å². The molecular formula is C14H28N2. The Hall–Kier alpha value is -0.0800. The van der Waals surface area contributed by atoms with Crippen LogP contribution >= 0.6 is 0 Å². The van der Waals surface area contributed by atoms with Crippen molar-refractivity contribution < 1.29 is 0 Å². The number of hydrogen-bond acceptors (Lipinski definition) is 2. The standard InChI is InChI=1S/C14H28N2/c1-12(14-7-8-14)15-9-10-16(2)11-13-5-3-4-6-13/h12-15H,3-11H2,1-2H3. The minimum Gasteiger partial charge on any atom is -0.313 e. The maximum atomic E-state index is 3.66. The molecule has 94 valence electrons. The van der Waals surface area contributed by atoms with Crippen LogP contribution in [0, 0.1) is 11.8 Å². The van der Waals surface area contributed by atoms with Gasteiger partial charge < -0.3 is 10.2 Å². The van der Waals surface area contributed by atoms with Gasteiger partial charge in [-0.1, -0.05) is 12.8 Å². The second-order valence-electron chi connectivity index (χ2n) is 5.99. The summed E-state index contributed by atoms with van der Waals surface area (Å²) < 4.78 is 0. The lowest BCUT2D eigenvalue weighted by Crippen LogP contribution is -2.36. The van der Waals surface area contributed by atoms with Gasteiger partial charge in [-0.3, -0.25) is 0 Å². The molecule has 1 unspecified atom stereocenters. The third-order valence-corrected chi connectivity index (χ3v) is 4.33. The van der Waals surface area contributed by atoms with E-state index in [1.807, 2.05) is 0 Å². The third-order valence-electron chi connectivity index (χ3n) is 4.33. The lowest BCUT2D eigenvalue weighted by Gasteiger charge is -2.22. The molecule has 0 aromatic rings. The second-order valence-corrected chi connectivity index (χ2v) is 5.99. The van der Waals surface area contributed by atoms with Crippen molar-refractivity contribution in [1.29, 1.82) is 0 Å². The molecule has 0 aliphatic heterocycles. The van der Waals surface area contributed by atoms with Crippen LogP contribution in [0.2, 0.25) is 0 Å². The molecule has 2 nitrogen and oxygen atoms in total. The number of nitrogens with one attached hydrogen (secondary N) is 1. The van der Waals surface area contributed by atoms with E-state index in [0.717, 1.165) is 17.9 Å². The van der Waals surface area contributed by atoms with Gasteiger partial charge in [0, 0.05) is 25.7 Å². The molecule has 2 aliphatic carbocycles. The average Bonchev–Trinajstić information content (AvgIpc) is 2.99. The highest BCUT2D eigenvalue weighted by atomic mass is 15.1. The van der Waals surface area contributed by atoms with Crippen molar-refractivity contribution in [3.63, 3.8) is 0 Å². The van der Waals surface area contributed by atoms with Crippen molar-refractivity contribution in [2.75, 3.05) is 26.7 Å². The molecule has 0 saturated heterocycles. The Kier molecular flexibility index (Phi) is 4.66. The molecule has 0 aromatic carbocycles. The highest BCUT2D eigenvalue weighted by molar-refractivity contribution is 4.83. The molecule has 0 amide bonds. The van der Waals surface area contributed by atoms with Gasteiger partial charge >= 0.3 is 0 Å². The molecule has 0 aromatic heterocycles. The lowest BCUT2D eigenvalue weighted by atomic mass is 10.1. The van der Waals surface area contributed by atoms with E-state index in [1.54, 1.807) is 0 Å². The molecule has 2 heteroatoms. The Labute approximate surface area is 101 Å². The van der Waals surface area contributed by atoms with E-state index in [9.17, 15) is 0 Å². The SMILES string of the molecule is CC(NCCN(C)CC1CCCC1)C1CC1. The molecule has 0 bridgehead atoms. The van der Waals surface area contributed by atoms with Gasteiger partial charge in [-0.05, 0) is 51.5 Å². The van der Waals surface area contributed by atoms with Crippen molar-refractivity contribution in [3.05, 3.63) is 0 Å². The molecule has 2 rings (SSSR count). The fraction of sp³-hybridized carbons (Fsp3) is 1.00. The van der Waals surface area contributed by atoms with Gasteiger partial charge in [-0.25, -0.2) is 0 Å². The summed E-state index contributed by atoms with van der Waals surface area (Å²) in [5.41, 5.74) is 0. The molecule has 2 aliphatic rings. The summed E-state index contributed by atoms with van der Waals surface area (Å²) in [6, 6.07) is 0.750. The molecule has 0 spiro atoms. The fourth-order valence-corrected chi connectivity index (χ4v) is 2.97. The first-order valence-corrected chi connectivity index (χ1v) is 7.17. The highest BCUT2D eigenvalue weighted by Crippen LogP contribution is 2.32. The quantitative estimate of drug-likeness (QED) is 0.715. The third kappa shape index (κ3) is 4.06. The van der Waals surface area contributed by atoms with Crippen molar-refractivity contribution in [2.45, 2.75) is 51.5 Å². The zero-order chi connectivity index (χ0) is 11.4. The highest BCUT2D eigenvalue weighted by Gasteiger charge is 2.27. The predicted octanol–water partition coefficient (Wildman–Crippen LogP) is 2.50. The largest absolute Gasteiger partial charge is 0.313 e. The summed E-state index contributed by atoms with van der Waals surface area (Å²) in [4.78, 5) is 2.52. The zero-order valence-corrected chi connectivity index (χ0v) is 11.0. The molecule has 2 saturated carbocycles. The Morgan fingerprint density at radius 3 is 2.50 bits per heavy atom. The Balaban J connectivity index is 1.50. The number of rotatable bonds is 7. The zero-order valence-electron chi connectivity index (χ0n) is 11.0. The molecular weight excluding hydrogens is 196 g/mol. The van der Waals surface area contributed by atoms with Crippen LogP contribution in [0.4, 0.5) is 0 Å². The molecule has 2 fully saturated rings. The van der Waals surface area contributed by atoms with Crippen molar-refractivity contribution in [2.24, 2.45) is 11.8 Å². The van der Waals surface area contributed by atoms with Gasteiger partial charge in [0.1, 0.15) is 0 Å². The Morgan fingerprint density at radius 1 is 1.19 bits per heavy atom. The van der Waals surface area contributed by atoms with Crippen LogP contribution in [0.25, 0.3) is 0 Å². The van der Waals surface area contributed by atoms with Crippen molar-refractivity contribution in [1.82, 2.24) is 10.2 Å². The van der Waals surface area contributed by atoms with E-state index >= 15 is 0 Å². The molecule has 1 atom stereocenters. The van der Waals surface area contributed by atoms with Crippen LogP contribution in [0.1, 0.15) is 45.4 Å². The summed E-state index contributed by atoms with van der Waals surface area (Å²) in [7, 11) is 2.28. The first kappa shape index (κ1) is 12.4. The van der Waals surface area contributed by atoms with E-state index in [1.165, 1.54) is 58.2 Å². The number of likely N-dealkylation sites (N-methyl/N-ethyl adjacent to an activating group) is 1. The van der Waals surface area contributed by atoms with Gasteiger partial charge in [0.2, 0.25) is 0 Å². The topological polar surface area (TPSA) is 15.3 Å². The number of nitrogens with zero attached hydrogens (tertiary/aromatic N) is 1. The molecule has 0 heterocycles. The maximum Gasteiger partial charge on any atom is 0.0104 e. The predicted molar refractivity (Wildman–Crippen MR) is 69.6 cm³/mol. The van der Waals surface area contributed by atoms with Gasteiger partial charge in [0.25, 0.3) is 0 Å². The molecule has 16 heavy (non-hydrogen) atoms. The van der Waals surface area contributed by atoms with E-state index in [4.69, 9.17) is 0 Å². The Morgan fingerprint density at radius 2 is 1.88 bits per heavy atom. The minimum atomic E-state index is 0.750. The number of hydrogen-bond donors (Lipinski definition) is 1. The monoisotopic (exact) mass is 224 g/mol. The minimum absolute atomic E-state index is 0.750. The molecule has 1 N–H and O–H groups in total. The van der Waals surface area contributed by atoms with Crippen LogP contribution in [-0.4, -0.2) is 37.6 Å². The summed E-state index contributed by atoms with van der Waals surface area (Å²) in [5, 5.41) is 3.66. The van der Waals surface area contributed by atoms with Gasteiger partial charge in [-0.2, -0.15) is 0 Å². The van der Waals surface area contributed by atoms with Crippen molar-refractivity contribution in [3.8, 4) is 0 Å². The summed E-state index contributed by atoms with van der Waals surface area (Å²) in [6.07, 6.45) is 8.77. The van der Waals surface area contributed by atoms with Gasteiger partial charge in [0.15, 0.2) is 0 Å². The first-order valence-electron chi connectivity index (χ1n) is 7.17. The first-order chi connectivity index (χ1) is 7.75. The van der Waals surface area contributed by atoms with Crippen LogP contribution < -0.4 is 5.32 Å². The van der Waals surface area contributed by atoms with E-state index in [2.05, 4.69) is 24.2 Å². The van der Waals surface area contributed by atoms with Crippen LogP contribution in [0.5, 0.6) is 0 Å². The molecule has 0 radical (unpaired) electrons. The summed E-state index contributed by atoms with van der Waals surface area (Å²) in [6.45, 7) is 6.04. The smallest absolute Gasteiger partial charge is 0.0104 e. The Bertz CT molecular complexity index is 195. The summed E-state index contributed by atoms with van der Waals surface area (Å²) >= 11 is 0. The average molecular weight is 224 g/mol. The van der Waals surface area contributed by atoms with Crippen molar-refractivity contribution >= 4 is 0 Å². The second kappa shape index (κ2) is 6.02. The lowest BCUT2D eigenvalue weighted by molar-refractivity contribution is 0.272. The van der Waals surface area contributed by atoms with Gasteiger partial charge in [0.05, 0.1) is 0 Å². The fourth-order valence-electron chi connectivity index (χ4n) is 2.97. The van der Waals surface area contributed by atoms with E-state index < -0.39 is 0 Å². The van der Waals surface area contributed by atoms with Gasteiger partial charge in [-0.15, -0.1) is 0 Å². The summed E-state index contributed by atoms with van der Waals surface area (Å²) in [5.74, 6) is 1.98. The van der Waals surface area contributed by atoms with E-state index in [-0.39, 0.29) is 0 Å². The van der Waals surface area contributed by atoms with Crippen LogP contribution in [0.3, 0.4) is 0 Å².